The van der Waals surface area contributed by atoms with Crippen LogP contribution in [0.5, 0.6) is 0 Å². The highest BCUT2D eigenvalue weighted by Gasteiger charge is 2.25. The van der Waals surface area contributed by atoms with E-state index in [0.717, 1.165) is 6.42 Å². The number of hydrogen-bond acceptors (Lipinski definition) is 4. The van der Waals surface area contributed by atoms with Gasteiger partial charge in [-0.25, -0.2) is 13.2 Å². The van der Waals surface area contributed by atoms with Gasteiger partial charge in [0.15, 0.2) is 0 Å². The summed E-state index contributed by atoms with van der Waals surface area (Å²) in [4.78, 5) is 11.6. The molecule has 1 aliphatic heterocycles. The minimum absolute atomic E-state index is 0.189. The van der Waals surface area contributed by atoms with Gasteiger partial charge in [-0.3, -0.25) is 4.31 Å². The zero-order valence-electron chi connectivity index (χ0n) is 12.5. The third-order valence-electron chi connectivity index (χ3n) is 3.35. The van der Waals surface area contributed by atoms with E-state index in [1.165, 1.54) is 4.31 Å². The molecule has 0 spiro atoms. The number of hydrogen-bond donors (Lipinski definition) is 2. The first-order chi connectivity index (χ1) is 10.5. The third kappa shape index (κ3) is 4.35. The Morgan fingerprint density at radius 1 is 1.27 bits per heavy atom. The quantitative estimate of drug-likeness (QED) is 0.800. The summed E-state index contributed by atoms with van der Waals surface area (Å²) >= 11 is 0. The van der Waals surface area contributed by atoms with Crippen molar-refractivity contribution in [3.8, 4) is 0 Å². The topological polar surface area (TPSA) is 87.7 Å². The molecule has 2 rings (SSSR count). The molecule has 1 aromatic carbocycles. The molecule has 0 aliphatic carbocycles. The van der Waals surface area contributed by atoms with Crippen LogP contribution < -0.4 is 14.9 Å². The Morgan fingerprint density at radius 2 is 2.00 bits per heavy atom. The fourth-order valence-corrected chi connectivity index (χ4v) is 3.87. The average Bonchev–Trinajstić information content (AvgIpc) is 2.48. The van der Waals surface area contributed by atoms with Crippen LogP contribution in [0.2, 0.25) is 0 Å². The molecule has 7 nitrogen and oxygen atoms in total. The van der Waals surface area contributed by atoms with E-state index in [0.29, 0.717) is 37.5 Å². The second kappa shape index (κ2) is 7.46. The van der Waals surface area contributed by atoms with Gasteiger partial charge in [-0.15, -0.1) is 0 Å². The summed E-state index contributed by atoms with van der Waals surface area (Å²) in [6, 6.07) is 6.46. The molecule has 8 heteroatoms. The fourth-order valence-electron chi connectivity index (χ4n) is 2.23. The molecule has 1 aliphatic rings. The van der Waals surface area contributed by atoms with Gasteiger partial charge in [0, 0.05) is 25.9 Å². The summed E-state index contributed by atoms with van der Waals surface area (Å²) in [7, 11) is -1.65. The minimum atomic E-state index is -3.21. The molecule has 0 unspecified atom stereocenters. The largest absolute Gasteiger partial charge is 0.383 e. The summed E-state index contributed by atoms with van der Waals surface area (Å²) in [5.74, 6) is 0.189. The van der Waals surface area contributed by atoms with E-state index in [2.05, 4.69) is 10.6 Å². The van der Waals surface area contributed by atoms with Gasteiger partial charge in [0.25, 0.3) is 0 Å². The van der Waals surface area contributed by atoms with E-state index >= 15 is 0 Å². The summed E-state index contributed by atoms with van der Waals surface area (Å²) in [6.07, 6.45) is 1.57. The van der Waals surface area contributed by atoms with Crippen LogP contribution in [0.25, 0.3) is 0 Å². The van der Waals surface area contributed by atoms with Gasteiger partial charge in [0.05, 0.1) is 18.0 Å². The molecule has 2 amide bonds. The molecule has 0 radical (unpaired) electrons. The average molecular weight is 327 g/mol. The molecule has 0 aromatic heterocycles. The van der Waals surface area contributed by atoms with Gasteiger partial charge >= 0.3 is 6.03 Å². The van der Waals surface area contributed by atoms with Crippen molar-refractivity contribution in [3.63, 3.8) is 0 Å². The zero-order valence-corrected chi connectivity index (χ0v) is 13.4. The summed E-state index contributed by atoms with van der Waals surface area (Å²) < 4.78 is 30.3. The van der Waals surface area contributed by atoms with Gasteiger partial charge in [-0.05, 0) is 37.1 Å². The lowest BCUT2D eigenvalue weighted by Crippen LogP contribution is -2.37. The fraction of sp³-hybridized carbons (Fsp3) is 0.500. The number of rotatable bonds is 5. The number of carbonyl (C=O) groups is 1. The van der Waals surface area contributed by atoms with Crippen LogP contribution >= 0.6 is 0 Å². The normalized spacial score (nSPS) is 17.0. The van der Waals surface area contributed by atoms with E-state index in [4.69, 9.17) is 4.74 Å². The van der Waals surface area contributed by atoms with Gasteiger partial charge in [0.2, 0.25) is 10.0 Å². The molecule has 1 aromatic rings. The predicted molar refractivity (Wildman–Crippen MR) is 85.7 cm³/mol. The Morgan fingerprint density at radius 3 is 2.64 bits per heavy atom. The van der Waals surface area contributed by atoms with Gasteiger partial charge in [-0.2, -0.15) is 0 Å². The van der Waals surface area contributed by atoms with Gasteiger partial charge in [0.1, 0.15) is 0 Å². The van der Waals surface area contributed by atoms with Gasteiger partial charge in [-0.1, -0.05) is 0 Å². The number of methoxy groups -OCH3 is 1. The van der Waals surface area contributed by atoms with Crippen LogP contribution in [0.3, 0.4) is 0 Å². The van der Waals surface area contributed by atoms with Crippen molar-refractivity contribution in [1.29, 1.82) is 0 Å². The molecule has 0 bridgehead atoms. The maximum Gasteiger partial charge on any atom is 0.319 e. The molecule has 122 valence electrons. The van der Waals surface area contributed by atoms with E-state index in [-0.39, 0.29) is 11.8 Å². The van der Waals surface area contributed by atoms with Crippen LogP contribution in [-0.4, -0.2) is 47.0 Å². The van der Waals surface area contributed by atoms with Crippen LogP contribution in [0.1, 0.15) is 12.8 Å². The van der Waals surface area contributed by atoms with Crippen molar-refractivity contribution >= 4 is 27.4 Å². The monoisotopic (exact) mass is 327 g/mol. The lowest BCUT2D eigenvalue weighted by molar-refractivity contribution is 0.198. The number of amides is 2. The predicted octanol–water partition coefficient (Wildman–Crippen LogP) is 1.38. The standard InChI is InChI=1S/C14H21N3O4S/c1-21-10-8-15-14(18)16-12-4-6-13(7-5-12)17-9-2-3-11-22(17,19)20/h4-7H,2-3,8-11H2,1H3,(H2,15,16,18). The van der Waals surface area contributed by atoms with E-state index in [1.54, 1.807) is 31.4 Å². The Kier molecular flexibility index (Phi) is 5.62. The highest BCUT2D eigenvalue weighted by molar-refractivity contribution is 7.92. The first-order valence-electron chi connectivity index (χ1n) is 7.17. The Hall–Kier alpha value is -1.80. The number of carbonyl (C=O) groups excluding carboxylic acids is 1. The number of anilines is 2. The number of urea groups is 1. The molecule has 2 N–H and O–H groups in total. The molecular formula is C14H21N3O4S. The van der Waals surface area contributed by atoms with Crippen LogP contribution in [-0.2, 0) is 14.8 Å². The molecule has 0 saturated carbocycles. The van der Waals surface area contributed by atoms with Crippen molar-refractivity contribution in [2.75, 3.05) is 42.2 Å². The molecule has 0 atom stereocenters. The number of nitrogens with one attached hydrogen (secondary N) is 2. The smallest absolute Gasteiger partial charge is 0.319 e. The minimum Gasteiger partial charge on any atom is -0.383 e. The molecular weight excluding hydrogens is 306 g/mol. The van der Waals surface area contributed by atoms with Crippen LogP contribution in [0.15, 0.2) is 24.3 Å². The second-order valence-electron chi connectivity index (χ2n) is 5.02. The lowest BCUT2D eigenvalue weighted by Gasteiger charge is -2.28. The van der Waals surface area contributed by atoms with Crippen LogP contribution in [0, 0.1) is 0 Å². The second-order valence-corrected chi connectivity index (χ2v) is 7.03. The van der Waals surface area contributed by atoms with Crippen molar-refractivity contribution in [3.05, 3.63) is 24.3 Å². The Labute approximate surface area is 130 Å². The number of benzene rings is 1. The highest BCUT2D eigenvalue weighted by Crippen LogP contribution is 2.24. The van der Waals surface area contributed by atoms with E-state index in [9.17, 15) is 13.2 Å². The number of ether oxygens (including phenoxy) is 1. The lowest BCUT2D eigenvalue weighted by atomic mass is 10.2. The SMILES string of the molecule is COCCNC(=O)Nc1ccc(N2CCCCS2(=O)=O)cc1. The van der Waals surface area contributed by atoms with E-state index < -0.39 is 10.0 Å². The van der Waals surface area contributed by atoms with Gasteiger partial charge < -0.3 is 15.4 Å². The molecule has 1 fully saturated rings. The van der Waals surface area contributed by atoms with E-state index in [1.807, 2.05) is 0 Å². The highest BCUT2D eigenvalue weighted by atomic mass is 32.2. The van der Waals surface area contributed by atoms with Crippen molar-refractivity contribution in [2.24, 2.45) is 0 Å². The summed E-state index contributed by atoms with van der Waals surface area (Å²) in [6.45, 7) is 1.37. The molecule has 1 saturated heterocycles. The maximum absolute atomic E-state index is 12.0. The number of sulfonamides is 1. The number of nitrogens with zero attached hydrogens (tertiary/aromatic N) is 1. The van der Waals surface area contributed by atoms with Crippen molar-refractivity contribution in [1.82, 2.24) is 5.32 Å². The van der Waals surface area contributed by atoms with Crippen molar-refractivity contribution < 1.29 is 17.9 Å². The Balaban J connectivity index is 1.97. The Bertz CT molecular complexity index is 601. The molecule has 1 heterocycles. The molecule has 22 heavy (non-hydrogen) atoms. The third-order valence-corrected chi connectivity index (χ3v) is 5.22. The van der Waals surface area contributed by atoms with Crippen LogP contribution in [0.4, 0.5) is 16.2 Å². The zero-order chi connectivity index (χ0) is 16.0. The first-order valence-corrected chi connectivity index (χ1v) is 8.78. The summed E-state index contributed by atoms with van der Waals surface area (Å²) in [5.41, 5.74) is 1.23. The maximum atomic E-state index is 12.0. The van der Waals surface area contributed by atoms with Crippen molar-refractivity contribution in [2.45, 2.75) is 12.8 Å². The summed E-state index contributed by atoms with van der Waals surface area (Å²) in [5, 5.41) is 5.32. The first kappa shape index (κ1) is 16.6.